The van der Waals surface area contributed by atoms with E-state index in [0.29, 0.717) is 5.76 Å². The van der Waals surface area contributed by atoms with Crippen LogP contribution in [0, 0.1) is 12.8 Å². The minimum Gasteiger partial charge on any atom is -0.469 e. The lowest BCUT2D eigenvalue weighted by Gasteiger charge is -2.00. The van der Waals surface area contributed by atoms with E-state index < -0.39 is 0 Å². The quantitative estimate of drug-likeness (QED) is 0.776. The first-order valence-electron chi connectivity index (χ1n) is 5.86. The zero-order chi connectivity index (χ0) is 12.5. The topological polar surface area (TPSA) is 65.5 Å². The first-order valence-corrected chi connectivity index (χ1v) is 5.86. The van der Waals surface area contributed by atoms with E-state index in [1.807, 2.05) is 19.1 Å². The van der Waals surface area contributed by atoms with Gasteiger partial charge in [-0.2, -0.15) is 0 Å². The maximum atomic E-state index is 11.8. The third kappa shape index (κ3) is 2.16. The minimum absolute atomic E-state index is 0.0832. The molecule has 94 valence electrons. The Morgan fingerprint density at radius 3 is 3.17 bits per heavy atom. The summed E-state index contributed by atoms with van der Waals surface area (Å²) in [6.07, 6.45) is 2.41. The molecule has 0 spiro atoms. The van der Waals surface area contributed by atoms with E-state index in [-0.39, 0.29) is 24.4 Å². The molecule has 3 rings (SSSR count). The second kappa shape index (κ2) is 4.33. The van der Waals surface area contributed by atoms with Gasteiger partial charge in [-0.15, -0.1) is 0 Å². The number of aryl methyl sites for hydroxylation is 1. The molecular formula is C13H13NO4. The van der Waals surface area contributed by atoms with E-state index in [1.165, 1.54) is 0 Å². The van der Waals surface area contributed by atoms with Crippen LogP contribution in [0.25, 0.3) is 0 Å². The van der Waals surface area contributed by atoms with Gasteiger partial charge in [-0.1, -0.05) is 5.16 Å². The monoisotopic (exact) mass is 247 g/mol. The second-order valence-electron chi connectivity index (χ2n) is 4.51. The maximum absolute atomic E-state index is 11.8. The highest BCUT2D eigenvalue weighted by Gasteiger charge is 2.47. The highest BCUT2D eigenvalue weighted by Crippen LogP contribution is 2.48. The molecule has 0 aromatic carbocycles. The number of rotatable bonds is 4. The zero-order valence-electron chi connectivity index (χ0n) is 9.96. The molecule has 5 nitrogen and oxygen atoms in total. The van der Waals surface area contributed by atoms with Crippen LogP contribution in [-0.2, 0) is 16.1 Å². The smallest absolute Gasteiger partial charge is 0.310 e. The summed E-state index contributed by atoms with van der Waals surface area (Å²) in [7, 11) is 0. The Kier molecular flexibility index (Phi) is 2.66. The van der Waals surface area contributed by atoms with Crippen molar-refractivity contribution in [3.63, 3.8) is 0 Å². The molecule has 18 heavy (non-hydrogen) atoms. The van der Waals surface area contributed by atoms with Gasteiger partial charge in [-0.3, -0.25) is 4.79 Å². The van der Waals surface area contributed by atoms with Crippen molar-refractivity contribution in [1.29, 1.82) is 0 Å². The van der Waals surface area contributed by atoms with Gasteiger partial charge >= 0.3 is 5.97 Å². The van der Waals surface area contributed by atoms with Crippen molar-refractivity contribution < 1.29 is 18.5 Å². The first-order chi connectivity index (χ1) is 8.74. The third-order valence-corrected chi connectivity index (χ3v) is 3.04. The van der Waals surface area contributed by atoms with Crippen molar-refractivity contribution in [3.05, 3.63) is 41.7 Å². The van der Waals surface area contributed by atoms with Crippen molar-refractivity contribution in [2.75, 3.05) is 0 Å². The number of esters is 1. The predicted octanol–water partition coefficient (Wildman–Crippen LogP) is 2.42. The van der Waals surface area contributed by atoms with Crippen molar-refractivity contribution in [1.82, 2.24) is 5.16 Å². The number of nitrogens with zero attached hydrogens (tertiary/aromatic N) is 1. The summed E-state index contributed by atoms with van der Waals surface area (Å²) in [5.41, 5.74) is 0.779. The van der Waals surface area contributed by atoms with Gasteiger partial charge in [0.15, 0.2) is 12.4 Å². The molecular weight excluding hydrogens is 234 g/mol. The molecule has 0 N–H and O–H groups in total. The van der Waals surface area contributed by atoms with E-state index >= 15 is 0 Å². The van der Waals surface area contributed by atoms with Crippen LogP contribution in [0.2, 0.25) is 0 Å². The maximum Gasteiger partial charge on any atom is 0.310 e. The number of carbonyl (C=O) groups is 1. The summed E-state index contributed by atoms with van der Waals surface area (Å²) in [4.78, 5) is 11.8. The molecule has 1 aliphatic rings. The van der Waals surface area contributed by atoms with Gasteiger partial charge in [0.1, 0.15) is 5.76 Å². The van der Waals surface area contributed by atoms with Crippen LogP contribution < -0.4 is 0 Å². The first kappa shape index (κ1) is 11.1. The Morgan fingerprint density at radius 1 is 1.61 bits per heavy atom. The van der Waals surface area contributed by atoms with Gasteiger partial charge < -0.3 is 13.7 Å². The summed E-state index contributed by atoms with van der Waals surface area (Å²) in [5, 5.41) is 3.73. The summed E-state index contributed by atoms with van der Waals surface area (Å²) >= 11 is 0. The molecule has 5 heteroatoms. The Morgan fingerprint density at radius 2 is 2.50 bits per heavy atom. The fourth-order valence-corrected chi connectivity index (χ4v) is 2.01. The summed E-state index contributed by atoms with van der Waals surface area (Å²) < 4.78 is 15.4. The number of furan rings is 1. The third-order valence-electron chi connectivity index (χ3n) is 3.04. The molecule has 0 unspecified atom stereocenters. The minimum atomic E-state index is -0.203. The molecule has 2 aromatic rings. The number of aromatic nitrogens is 1. The van der Waals surface area contributed by atoms with Crippen molar-refractivity contribution in [3.8, 4) is 0 Å². The van der Waals surface area contributed by atoms with Gasteiger partial charge in [0.2, 0.25) is 0 Å². The van der Waals surface area contributed by atoms with E-state index in [2.05, 4.69) is 5.16 Å². The fraction of sp³-hybridized carbons (Fsp3) is 0.385. The molecule has 1 saturated carbocycles. The van der Waals surface area contributed by atoms with Crippen LogP contribution in [0.5, 0.6) is 0 Å². The Balaban J connectivity index is 1.51. The molecule has 2 aromatic heterocycles. The van der Waals surface area contributed by atoms with E-state index in [1.54, 1.807) is 12.3 Å². The summed E-state index contributed by atoms with van der Waals surface area (Å²) in [5.74, 6) is 1.30. The summed E-state index contributed by atoms with van der Waals surface area (Å²) in [6, 6.07) is 5.47. The molecule has 0 bridgehead atoms. The molecule has 0 saturated heterocycles. The Labute approximate surface area is 104 Å². The van der Waals surface area contributed by atoms with Crippen LogP contribution in [0.1, 0.15) is 29.6 Å². The van der Waals surface area contributed by atoms with Crippen LogP contribution in [-0.4, -0.2) is 11.1 Å². The van der Waals surface area contributed by atoms with Gasteiger partial charge in [0.25, 0.3) is 0 Å². The van der Waals surface area contributed by atoms with Crippen LogP contribution >= 0.6 is 0 Å². The van der Waals surface area contributed by atoms with Crippen molar-refractivity contribution in [2.24, 2.45) is 5.92 Å². The van der Waals surface area contributed by atoms with E-state index in [9.17, 15) is 4.79 Å². The number of hydrogen-bond donors (Lipinski definition) is 0. The van der Waals surface area contributed by atoms with Crippen molar-refractivity contribution in [2.45, 2.75) is 25.9 Å². The van der Waals surface area contributed by atoms with Crippen LogP contribution in [0.15, 0.2) is 33.4 Å². The lowest BCUT2D eigenvalue weighted by Crippen LogP contribution is -2.07. The molecule has 2 heterocycles. The summed E-state index contributed by atoms with van der Waals surface area (Å²) in [6.45, 7) is 1.96. The molecule has 0 aliphatic heterocycles. The van der Waals surface area contributed by atoms with Gasteiger partial charge in [-0.25, -0.2) is 0 Å². The largest absolute Gasteiger partial charge is 0.469 e. The zero-order valence-corrected chi connectivity index (χ0v) is 9.96. The Hall–Kier alpha value is -2.04. The predicted molar refractivity (Wildman–Crippen MR) is 60.6 cm³/mol. The fourth-order valence-electron chi connectivity index (χ4n) is 2.01. The van der Waals surface area contributed by atoms with Crippen molar-refractivity contribution >= 4 is 5.97 Å². The number of carbonyl (C=O) groups excluding carboxylic acids is 1. The van der Waals surface area contributed by atoms with E-state index in [4.69, 9.17) is 13.7 Å². The molecule has 0 radical (unpaired) electrons. The van der Waals surface area contributed by atoms with Crippen LogP contribution in [0.4, 0.5) is 0 Å². The van der Waals surface area contributed by atoms with Gasteiger partial charge in [-0.05, 0) is 25.5 Å². The lowest BCUT2D eigenvalue weighted by molar-refractivity contribution is -0.147. The van der Waals surface area contributed by atoms with E-state index in [0.717, 1.165) is 17.9 Å². The Bertz CT molecular complexity index is 543. The van der Waals surface area contributed by atoms with Gasteiger partial charge in [0.05, 0.1) is 17.9 Å². The highest BCUT2D eigenvalue weighted by atomic mass is 16.5. The number of hydrogen-bond acceptors (Lipinski definition) is 5. The van der Waals surface area contributed by atoms with Crippen LogP contribution in [0.3, 0.4) is 0 Å². The standard InChI is InChI=1S/C13H13NO4/c1-8-5-9(18-14-8)7-17-13(15)11-6-10(11)12-3-2-4-16-12/h2-5,10-11H,6-7H2,1H3/t10-,11+/m1/s1. The normalized spacial score (nSPS) is 21.8. The molecule has 1 fully saturated rings. The number of ether oxygens (including phenoxy) is 1. The highest BCUT2D eigenvalue weighted by molar-refractivity contribution is 5.77. The average Bonchev–Trinajstić information content (AvgIpc) is 2.79. The molecule has 2 atom stereocenters. The lowest BCUT2D eigenvalue weighted by atomic mass is 10.2. The molecule has 0 amide bonds. The molecule has 1 aliphatic carbocycles. The average molecular weight is 247 g/mol. The second-order valence-corrected chi connectivity index (χ2v) is 4.51. The SMILES string of the molecule is Cc1cc(COC(=O)[C@H]2C[C@H]2c2ccco2)on1. The van der Waals surface area contributed by atoms with Gasteiger partial charge in [0, 0.05) is 12.0 Å².